The minimum atomic E-state index is -1.93. The molecule has 1 nitrogen and oxygen atoms in total. The van der Waals surface area contributed by atoms with Crippen molar-refractivity contribution in [3.8, 4) is 5.75 Å². The Kier molecular flexibility index (Phi) is 10.5. The molecule has 4 heteroatoms. The highest BCUT2D eigenvalue weighted by Gasteiger charge is 2.39. The Balaban J connectivity index is 1.74. The summed E-state index contributed by atoms with van der Waals surface area (Å²) in [5.74, 6) is -2.25. The van der Waals surface area contributed by atoms with Crippen LogP contribution in [0.2, 0.25) is 0 Å². The summed E-state index contributed by atoms with van der Waals surface area (Å²) < 4.78 is 51.9. The van der Waals surface area contributed by atoms with E-state index in [2.05, 4.69) is 13.8 Å². The third-order valence-electron chi connectivity index (χ3n) is 6.80. The molecule has 0 heterocycles. The van der Waals surface area contributed by atoms with E-state index in [-0.39, 0.29) is 23.3 Å². The fourth-order valence-electron chi connectivity index (χ4n) is 4.64. The molecule has 1 atom stereocenters. The van der Waals surface area contributed by atoms with Crippen LogP contribution in [0.5, 0.6) is 5.75 Å². The summed E-state index contributed by atoms with van der Waals surface area (Å²) in [5, 5.41) is 0. The van der Waals surface area contributed by atoms with Crippen LogP contribution >= 0.6 is 0 Å². The molecule has 0 spiro atoms. The van der Waals surface area contributed by atoms with Crippen LogP contribution in [0.1, 0.15) is 94.7 Å². The SMILES string of the molecule is CCCCCCCc1ccc(C2(F)CC=CC=C2c2ccc(OCCCCCC)c(F)c2F)cc1. The number of ether oxygens (including phenoxy) is 1. The number of rotatable bonds is 14. The zero-order chi connectivity index (χ0) is 25.1. The molecule has 190 valence electrons. The molecule has 0 saturated carbocycles. The van der Waals surface area contributed by atoms with Gasteiger partial charge in [0, 0.05) is 17.6 Å². The van der Waals surface area contributed by atoms with Crippen LogP contribution in [-0.4, -0.2) is 6.61 Å². The van der Waals surface area contributed by atoms with Crippen molar-refractivity contribution in [1.29, 1.82) is 0 Å². The van der Waals surface area contributed by atoms with Crippen molar-refractivity contribution in [1.82, 2.24) is 0 Å². The largest absolute Gasteiger partial charge is 0.490 e. The lowest BCUT2D eigenvalue weighted by molar-refractivity contribution is 0.248. The van der Waals surface area contributed by atoms with Gasteiger partial charge in [-0.3, -0.25) is 0 Å². The van der Waals surface area contributed by atoms with Crippen molar-refractivity contribution < 1.29 is 17.9 Å². The summed E-state index contributed by atoms with van der Waals surface area (Å²) in [4.78, 5) is 0. The van der Waals surface area contributed by atoms with E-state index < -0.39 is 17.3 Å². The van der Waals surface area contributed by atoms with Crippen molar-refractivity contribution in [2.45, 2.75) is 90.1 Å². The highest BCUT2D eigenvalue weighted by molar-refractivity contribution is 5.77. The molecule has 0 aliphatic heterocycles. The Labute approximate surface area is 209 Å². The Morgan fingerprint density at radius 2 is 1.49 bits per heavy atom. The molecule has 1 aliphatic rings. The Morgan fingerprint density at radius 1 is 0.800 bits per heavy atom. The van der Waals surface area contributed by atoms with E-state index in [9.17, 15) is 4.39 Å². The topological polar surface area (TPSA) is 9.23 Å². The molecule has 0 saturated heterocycles. The second-order valence-corrected chi connectivity index (χ2v) is 9.52. The van der Waals surface area contributed by atoms with Crippen LogP contribution in [0.15, 0.2) is 54.6 Å². The van der Waals surface area contributed by atoms with Crippen molar-refractivity contribution in [2.24, 2.45) is 0 Å². The van der Waals surface area contributed by atoms with E-state index in [1.807, 2.05) is 12.1 Å². The van der Waals surface area contributed by atoms with Crippen molar-refractivity contribution in [3.63, 3.8) is 0 Å². The fraction of sp³-hybridized carbons (Fsp3) is 0.484. The van der Waals surface area contributed by atoms with E-state index in [0.29, 0.717) is 12.2 Å². The van der Waals surface area contributed by atoms with Gasteiger partial charge in [-0.15, -0.1) is 0 Å². The molecule has 3 rings (SSSR count). The zero-order valence-corrected chi connectivity index (χ0v) is 21.2. The van der Waals surface area contributed by atoms with Gasteiger partial charge in [-0.25, -0.2) is 8.78 Å². The van der Waals surface area contributed by atoms with Crippen LogP contribution in [-0.2, 0) is 12.1 Å². The minimum absolute atomic E-state index is 0.0623. The summed E-state index contributed by atoms with van der Waals surface area (Å²) in [6.45, 7) is 4.64. The summed E-state index contributed by atoms with van der Waals surface area (Å²) >= 11 is 0. The zero-order valence-electron chi connectivity index (χ0n) is 21.2. The lowest BCUT2D eigenvalue weighted by Crippen LogP contribution is -2.24. The molecule has 0 amide bonds. The van der Waals surface area contributed by atoms with Gasteiger partial charge in [0.15, 0.2) is 17.2 Å². The molecule has 1 unspecified atom stereocenters. The highest BCUT2D eigenvalue weighted by Crippen LogP contribution is 2.46. The van der Waals surface area contributed by atoms with Crippen molar-refractivity contribution in [2.75, 3.05) is 6.61 Å². The molecule has 35 heavy (non-hydrogen) atoms. The number of unbranched alkanes of at least 4 members (excludes halogenated alkanes) is 7. The number of alkyl halides is 1. The lowest BCUT2D eigenvalue weighted by atomic mass is 9.78. The van der Waals surface area contributed by atoms with Crippen LogP contribution < -0.4 is 4.74 Å². The summed E-state index contributed by atoms with van der Waals surface area (Å²) in [6, 6.07) is 10.3. The molecule has 1 aliphatic carbocycles. The monoisotopic (exact) mass is 484 g/mol. The van der Waals surface area contributed by atoms with Crippen LogP contribution in [0.25, 0.3) is 5.57 Å². The van der Waals surface area contributed by atoms with Gasteiger partial charge in [0.1, 0.15) is 0 Å². The van der Waals surface area contributed by atoms with Crippen LogP contribution in [0, 0.1) is 11.6 Å². The maximum absolute atomic E-state index is 16.5. The average Bonchev–Trinajstić information content (AvgIpc) is 2.87. The van der Waals surface area contributed by atoms with E-state index in [0.717, 1.165) is 38.5 Å². The van der Waals surface area contributed by atoms with E-state index in [1.54, 1.807) is 30.4 Å². The van der Waals surface area contributed by atoms with Gasteiger partial charge < -0.3 is 4.74 Å². The summed E-state index contributed by atoms with van der Waals surface area (Å²) in [5.41, 5.74) is -0.224. The first-order valence-electron chi connectivity index (χ1n) is 13.3. The van der Waals surface area contributed by atoms with E-state index >= 15 is 8.78 Å². The first-order valence-corrected chi connectivity index (χ1v) is 13.3. The van der Waals surface area contributed by atoms with E-state index in [4.69, 9.17) is 4.74 Å². The second kappa shape index (κ2) is 13.6. The first kappa shape index (κ1) is 27.1. The highest BCUT2D eigenvalue weighted by atomic mass is 19.2. The summed E-state index contributed by atoms with van der Waals surface area (Å²) in [6.07, 6.45) is 16.0. The van der Waals surface area contributed by atoms with Gasteiger partial charge in [0.2, 0.25) is 5.82 Å². The van der Waals surface area contributed by atoms with Crippen LogP contribution in [0.3, 0.4) is 0 Å². The normalized spacial score (nSPS) is 17.5. The minimum Gasteiger partial charge on any atom is -0.490 e. The molecule has 0 radical (unpaired) electrons. The molecule has 2 aromatic rings. The number of aryl methyl sites for hydroxylation is 1. The molecule has 0 N–H and O–H groups in total. The molecule has 2 aromatic carbocycles. The van der Waals surface area contributed by atoms with E-state index in [1.165, 1.54) is 43.4 Å². The van der Waals surface area contributed by atoms with Gasteiger partial charge in [0.25, 0.3) is 0 Å². The van der Waals surface area contributed by atoms with Gasteiger partial charge in [-0.1, -0.05) is 101 Å². The summed E-state index contributed by atoms with van der Waals surface area (Å²) in [7, 11) is 0. The second-order valence-electron chi connectivity index (χ2n) is 9.52. The quantitative estimate of drug-likeness (QED) is 0.243. The van der Waals surface area contributed by atoms with Crippen molar-refractivity contribution in [3.05, 3.63) is 83.0 Å². The van der Waals surface area contributed by atoms with Gasteiger partial charge in [-0.05, 0) is 42.5 Å². The Morgan fingerprint density at radius 3 is 2.20 bits per heavy atom. The van der Waals surface area contributed by atoms with Crippen molar-refractivity contribution >= 4 is 5.57 Å². The van der Waals surface area contributed by atoms with Gasteiger partial charge >= 0.3 is 0 Å². The number of halogens is 3. The predicted molar refractivity (Wildman–Crippen MR) is 139 cm³/mol. The molecular weight excluding hydrogens is 445 g/mol. The predicted octanol–water partition coefficient (Wildman–Crippen LogP) is 9.65. The van der Waals surface area contributed by atoms with Crippen LogP contribution in [0.4, 0.5) is 13.2 Å². The van der Waals surface area contributed by atoms with Gasteiger partial charge in [0.05, 0.1) is 6.61 Å². The maximum atomic E-state index is 16.5. The molecule has 0 bridgehead atoms. The average molecular weight is 485 g/mol. The third kappa shape index (κ3) is 7.02. The standard InChI is InChI=1S/C31H39F3O/c1-3-5-7-9-10-14-24-16-18-25(19-17-24)31(34)22-12-11-15-27(31)26-20-21-28(30(33)29(26)32)35-23-13-8-6-4-2/h11-12,15-21H,3-10,13-14,22-23H2,1-2H3. The molecule has 0 fully saturated rings. The molecule has 0 aromatic heterocycles. The number of hydrogen-bond donors (Lipinski definition) is 0. The third-order valence-corrected chi connectivity index (χ3v) is 6.80. The number of benzene rings is 2. The Hall–Kier alpha value is -2.49. The smallest absolute Gasteiger partial charge is 0.201 e. The lowest BCUT2D eigenvalue weighted by Gasteiger charge is -2.30. The number of hydrogen-bond acceptors (Lipinski definition) is 1. The van der Waals surface area contributed by atoms with Gasteiger partial charge in [-0.2, -0.15) is 4.39 Å². The fourth-order valence-corrected chi connectivity index (χ4v) is 4.64. The maximum Gasteiger partial charge on any atom is 0.201 e. The first-order chi connectivity index (χ1) is 17.0. The Bertz CT molecular complexity index is 993. The number of allylic oxidation sites excluding steroid dienone is 4. The molecular formula is C31H39F3O.